The molecule has 2 rings (SSSR count). The van der Waals surface area contributed by atoms with Crippen molar-refractivity contribution in [1.29, 1.82) is 0 Å². The molecule has 2 aromatic rings. The second-order valence-electron chi connectivity index (χ2n) is 2.24. The fourth-order valence-electron chi connectivity index (χ4n) is 0.958. The summed E-state index contributed by atoms with van der Waals surface area (Å²) in [4.78, 5) is 41.0. The Kier molecular flexibility index (Phi) is 2.79. The Hall–Kier alpha value is -0.790. The SMILES string of the molecule is O=c1[nH]c(=O)c2[nH]c(=O)[nH]c2[nH]1.[CaH2].[H+]. The van der Waals surface area contributed by atoms with Crippen LogP contribution in [0.1, 0.15) is 1.43 Å². The van der Waals surface area contributed by atoms with E-state index >= 15 is 0 Å². The summed E-state index contributed by atoms with van der Waals surface area (Å²) < 4.78 is 0. The standard InChI is InChI=1S/C5H4N4O3.Ca.2H/c10-3-1-2(7-4(11)6-1)8-5(12)9-3;;;/h(H4,6,7,8,9,10,11,12);;;/p+1. The molecule has 0 fully saturated rings. The van der Waals surface area contributed by atoms with E-state index in [-0.39, 0.29) is 50.3 Å². The van der Waals surface area contributed by atoms with Crippen LogP contribution in [-0.2, 0) is 0 Å². The summed E-state index contributed by atoms with van der Waals surface area (Å²) in [5.74, 6) is 0. The maximum absolute atomic E-state index is 10.9. The topological polar surface area (TPSA) is 114 Å². The van der Waals surface area contributed by atoms with Crippen molar-refractivity contribution < 1.29 is 1.43 Å². The Morgan fingerprint density at radius 3 is 2.00 bits per heavy atom. The van der Waals surface area contributed by atoms with Crippen molar-refractivity contribution >= 4 is 48.9 Å². The van der Waals surface area contributed by atoms with Crippen molar-refractivity contribution in [3.8, 4) is 0 Å². The number of rotatable bonds is 0. The average molecular weight is 211 g/mol. The third-order valence-electron chi connectivity index (χ3n) is 1.42. The molecule has 7 nitrogen and oxygen atoms in total. The van der Waals surface area contributed by atoms with E-state index in [0.29, 0.717) is 0 Å². The molecule has 0 saturated carbocycles. The molecule has 0 aliphatic carbocycles. The number of H-pyrrole nitrogens is 4. The molecule has 4 N–H and O–H groups in total. The molecule has 13 heavy (non-hydrogen) atoms. The first-order chi connectivity index (χ1) is 5.66. The summed E-state index contributed by atoms with van der Waals surface area (Å²) in [6, 6.07) is 0. The Balaban J connectivity index is 0.000000845. The maximum Gasteiger partial charge on any atom is 1.00 e. The van der Waals surface area contributed by atoms with Crippen molar-refractivity contribution in [2.45, 2.75) is 0 Å². The van der Waals surface area contributed by atoms with Gasteiger partial charge in [0, 0.05) is 0 Å². The van der Waals surface area contributed by atoms with Crippen LogP contribution in [0.3, 0.4) is 0 Å². The van der Waals surface area contributed by atoms with Gasteiger partial charge in [-0.25, -0.2) is 9.59 Å². The van der Waals surface area contributed by atoms with Gasteiger partial charge in [-0.3, -0.25) is 24.7 Å². The van der Waals surface area contributed by atoms with Gasteiger partial charge in [-0.2, -0.15) is 0 Å². The van der Waals surface area contributed by atoms with Crippen LogP contribution in [0.25, 0.3) is 11.2 Å². The van der Waals surface area contributed by atoms with Crippen molar-refractivity contribution in [1.82, 2.24) is 19.9 Å². The van der Waals surface area contributed by atoms with Gasteiger partial charge in [0.1, 0.15) is 11.2 Å². The fraction of sp³-hybridized carbons (Fsp3) is 0. The first-order valence-corrected chi connectivity index (χ1v) is 3.11. The smallest absolute Gasteiger partial charge is 1.00 e. The van der Waals surface area contributed by atoms with E-state index in [9.17, 15) is 14.4 Å². The third-order valence-corrected chi connectivity index (χ3v) is 1.42. The minimum absolute atomic E-state index is 0. The van der Waals surface area contributed by atoms with E-state index in [4.69, 9.17) is 0 Å². The van der Waals surface area contributed by atoms with Crippen molar-refractivity contribution in [2.75, 3.05) is 0 Å². The molecule has 0 saturated heterocycles. The number of hydrogen-bond donors (Lipinski definition) is 4. The van der Waals surface area contributed by atoms with Gasteiger partial charge in [0.25, 0.3) is 5.56 Å². The van der Waals surface area contributed by atoms with Crippen LogP contribution in [0, 0.1) is 0 Å². The number of hydrogen-bond acceptors (Lipinski definition) is 3. The van der Waals surface area contributed by atoms with Crippen LogP contribution in [0.5, 0.6) is 0 Å². The molecule has 8 heteroatoms. The zero-order valence-corrected chi connectivity index (χ0v) is 5.72. The molecule has 0 atom stereocenters. The van der Waals surface area contributed by atoms with E-state index in [1.807, 2.05) is 4.98 Å². The van der Waals surface area contributed by atoms with Crippen molar-refractivity contribution in [3.05, 3.63) is 31.3 Å². The Morgan fingerprint density at radius 2 is 1.38 bits per heavy atom. The first-order valence-electron chi connectivity index (χ1n) is 3.11. The molecule has 0 bridgehead atoms. The molecule has 2 aromatic heterocycles. The molecule has 0 spiro atoms. The van der Waals surface area contributed by atoms with E-state index < -0.39 is 16.9 Å². The molecule has 0 aliphatic heterocycles. The van der Waals surface area contributed by atoms with Crippen molar-refractivity contribution in [2.24, 2.45) is 0 Å². The summed E-state index contributed by atoms with van der Waals surface area (Å²) in [5, 5.41) is 0. The van der Waals surface area contributed by atoms with Gasteiger partial charge in [-0.15, -0.1) is 0 Å². The Labute approximate surface area is 101 Å². The molecule has 0 unspecified atom stereocenters. The minimum Gasteiger partial charge on any atom is 1.00 e. The summed E-state index contributed by atoms with van der Waals surface area (Å²) in [6.45, 7) is 0. The van der Waals surface area contributed by atoms with Gasteiger partial charge in [-0.1, -0.05) is 0 Å². The van der Waals surface area contributed by atoms with Crippen molar-refractivity contribution in [3.63, 3.8) is 0 Å². The van der Waals surface area contributed by atoms with E-state index in [2.05, 4.69) is 15.0 Å². The molecule has 0 radical (unpaired) electrons. The van der Waals surface area contributed by atoms with E-state index in [1.165, 1.54) is 0 Å². The molecule has 0 aromatic carbocycles. The minimum atomic E-state index is -0.650. The average Bonchev–Trinajstić information content (AvgIpc) is 2.29. The van der Waals surface area contributed by atoms with Gasteiger partial charge >= 0.3 is 50.5 Å². The maximum atomic E-state index is 10.9. The van der Waals surface area contributed by atoms with Crippen LogP contribution < -0.4 is 16.9 Å². The number of aromatic amines is 4. The monoisotopic (exact) mass is 211 g/mol. The normalized spacial score (nSPS) is 9.85. The summed E-state index contributed by atoms with van der Waals surface area (Å²) in [7, 11) is 0. The van der Waals surface area contributed by atoms with Gasteiger partial charge in [0.2, 0.25) is 0 Å². The molecule has 2 heterocycles. The largest absolute Gasteiger partial charge is 1.00 e. The molecular weight excluding hydrogens is 204 g/mol. The number of fused-ring (bicyclic) bond motifs is 1. The predicted molar refractivity (Wildman–Crippen MR) is 49.8 cm³/mol. The van der Waals surface area contributed by atoms with Crippen LogP contribution in [0.15, 0.2) is 14.4 Å². The predicted octanol–water partition coefficient (Wildman–Crippen LogP) is -2.57. The van der Waals surface area contributed by atoms with Crippen LogP contribution >= 0.6 is 0 Å². The van der Waals surface area contributed by atoms with Crippen LogP contribution in [0.4, 0.5) is 0 Å². The molecule has 0 amide bonds. The van der Waals surface area contributed by atoms with Gasteiger partial charge in [-0.05, 0) is 0 Å². The second-order valence-corrected chi connectivity index (χ2v) is 2.24. The number of nitrogens with one attached hydrogen (secondary N) is 4. The molecule has 66 valence electrons. The number of imidazole rings is 1. The Bertz CT molecular complexity index is 593. The van der Waals surface area contributed by atoms with Gasteiger partial charge < -0.3 is 0 Å². The van der Waals surface area contributed by atoms with Crippen LogP contribution in [0.2, 0.25) is 0 Å². The van der Waals surface area contributed by atoms with Crippen LogP contribution in [-0.4, -0.2) is 57.7 Å². The van der Waals surface area contributed by atoms with E-state index in [0.717, 1.165) is 0 Å². The fourth-order valence-corrected chi connectivity index (χ4v) is 0.958. The second kappa shape index (κ2) is 3.52. The van der Waals surface area contributed by atoms with Gasteiger partial charge in [0.15, 0.2) is 0 Å². The summed E-state index contributed by atoms with van der Waals surface area (Å²) >= 11 is 0. The number of aromatic nitrogens is 4. The first kappa shape index (κ1) is 10.3. The summed E-state index contributed by atoms with van der Waals surface area (Å²) in [6.07, 6.45) is 0. The zero-order valence-electron chi connectivity index (χ0n) is 6.72. The zero-order chi connectivity index (χ0) is 8.72. The third kappa shape index (κ3) is 1.77. The molecule has 0 aliphatic rings. The molecular formula is C5H7CaN4O3+. The van der Waals surface area contributed by atoms with E-state index in [1.54, 1.807) is 0 Å². The summed E-state index contributed by atoms with van der Waals surface area (Å²) in [5.41, 5.74) is -1.65. The van der Waals surface area contributed by atoms with Gasteiger partial charge in [0.05, 0.1) is 0 Å². The quantitative estimate of drug-likeness (QED) is 0.359. The Morgan fingerprint density at radius 1 is 0.846 bits per heavy atom.